The number of hydrogen-bond donors (Lipinski definition) is 1. The molecule has 1 aromatic carbocycles. The maximum atomic E-state index is 5.91. The molecule has 4 heteroatoms. The van der Waals surface area contributed by atoms with Gasteiger partial charge >= 0.3 is 0 Å². The number of nitrogens with zero attached hydrogens (tertiary/aromatic N) is 1. The Morgan fingerprint density at radius 1 is 1.33 bits per heavy atom. The molecule has 2 aromatic rings. The van der Waals surface area contributed by atoms with E-state index in [1.165, 1.54) is 16.9 Å². The van der Waals surface area contributed by atoms with Gasteiger partial charge in [-0.1, -0.05) is 22.0 Å². The maximum Gasteiger partial charge on any atom is 0.114 e. The van der Waals surface area contributed by atoms with Gasteiger partial charge in [-0.05, 0) is 31.5 Å². The van der Waals surface area contributed by atoms with Crippen LogP contribution in [0.2, 0.25) is 0 Å². The van der Waals surface area contributed by atoms with Crippen molar-refractivity contribution in [3.8, 4) is 11.3 Å². The van der Waals surface area contributed by atoms with Crippen LogP contribution in [0.5, 0.6) is 0 Å². The second kappa shape index (κ2) is 3.94. The molecule has 1 heterocycles. The van der Waals surface area contributed by atoms with Crippen molar-refractivity contribution in [3.05, 3.63) is 33.2 Å². The first-order valence-electron chi connectivity index (χ1n) is 4.57. The molecular formula is C11H11BrN2S. The summed E-state index contributed by atoms with van der Waals surface area (Å²) >= 11 is 5.01. The molecule has 78 valence electrons. The third kappa shape index (κ3) is 2.06. The van der Waals surface area contributed by atoms with E-state index in [4.69, 9.17) is 5.73 Å². The highest BCUT2D eigenvalue weighted by Crippen LogP contribution is 2.31. The van der Waals surface area contributed by atoms with Crippen LogP contribution in [0.15, 0.2) is 22.7 Å². The third-order valence-corrected chi connectivity index (χ3v) is 3.88. The fourth-order valence-electron chi connectivity index (χ4n) is 1.44. The van der Waals surface area contributed by atoms with Crippen LogP contribution in [-0.4, -0.2) is 4.98 Å². The van der Waals surface area contributed by atoms with Crippen molar-refractivity contribution in [3.63, 3.8) is 0 Å². The first kappa shape index (κ1) is 10.6. The summed E-state index contributed by atoms with van der Waals surface area (Å²) in [6, 6.07) is 6.15. The number of anilines is 1. The number of aryl methyl sites for hydroxylation is 2. The zero-order valence-electron chi connectivity index (χ0n) is 8.54. The van der Waals surface area contributed by atoms with Crippen molar-refractivity contribution in [2.75, 3.05) is 5.73 Å². The molecule has 15 heavy (non-hydrogen) atoms. The number of halogens is 1. The molecular weight excluding hydrogens is 272 g/mol. The van der Waals surface area contributed by atoms with E-state index in [1.807, 2.05) is 19.1 Å². The van der Waals surface area contributed by atoms with Crippen LogP contribution < -0.4 is 5.73 Å². The minimum atomic E-state index is 0.786. The number of thiazole rings is 1. The van der Waals surface area contributed by atoms with Crippen molar-refractivity contribution in [1.82, 2.24) is 4.98 Å². The SMILES string of the molecule is Cc1nc(-c2ccc(Br)c(C)c2)c(N)s1. The summed E-state index contributed by atoms with van der Waals surface area (Å²) in [6.45, 7) is 4.03. The van der Waals surface area contributed by atoms with Gasteiger partial charge in [-0.15, -0.1) is 11.3 Å². The fraction of sp³-hybridized carbons (Fsp3) is 0.182. The van der Waals surface area contributed by atoms with Gasteiger partial charge in [0.15, 0.2) is 0 Å². The van der Waals surface area contributed by atoms with E-state index in [-0.39, 0.29) is 0 Å². The highest BCUT2D eigenvalue weighted by Gasteiger charge is 2.08. The van der Waals surface area contributed by atoms with E-state index in [2.05, 4.69) is 33.9 Å². The molecule has 2 rings (SSSR count). The number of aromatic nitrogens is 1. The second-order valence-corrected chi connectivity index (χ2v) is 5.50. The first-order chi connectivity index (χ1) is 7.08. The Kier molecular flexibility index (Phi) is 2.80. The fourth-order valence-corrected chi connectivity index (χ4v) is 2.40. The summed E-state index contributed by atoms with van der Waals surface area (Å²) < 4.78 is 1.11. The zero-order chi connectivity index (χ0) is 11.0. The lowest BCUT2D eigenvalue weighted by Crippen LogP contribution is -1.87. The average Bonchev–Trinajstić information content (AvgIpc) is 2.50. The molecule has 0 atom stereocenters. The Hall–Kier alpha value is -0.870. The van der Waals surface area contributed by atoms with Gasteiger partial charge in [0.05, 0.1) is 5.01 Å². The maximum absolute atomic E-state index is 5.91. The van der Waals surface area contributed by atoms with Crippen molar-refractivity contribution >= 4 is 32.3 Å². The molecule has 2 nitrogen and oxygen atoms in total. The van der Waals surface area contributed by atoms with E-state index in [0.717, 1.165) is 25.7 Å². The Balaban J connectivity index is 2.54. The van der Waals surface area contributed by atoms with Crippen LogP contribution >= 0.6 is 27.3 Å². The van der Waals surface area contributed by atoms with Crippen molar-refractivity contribution in [2.24, 2.45) is 0 Å². The second-order valence-electron chi connectivity index (χ2n) is 3.41. The van der Waals surface area contributed by atoms with Crippen molar-refractivity contribution < 1.29 is 0 Å². The molecule has 0 fully saturated rings. The third-order valence-electron chi connectivity index (χ3n) is 2.19. The van der Waals surface area contributed by atoms with Gasteiger partial charge in [0.2, 0.25) is 0 Å². The molecule has 0 saturated carbocycles. The summed E-state index contributed by atoms with van der Waals surface area (Å²) in [5.74, 6) is 0. The topological polar surface area (TPSA) is 38.9 Å². The summed E-state index contributed by atoms with van der Waals surface area (Å²) in [7, 11) is 0. The molecule has 0 spiro atoms. The van der Waals surface area contributed by atoms with Gasteiger partial charge in [0.25, 0.3) is 0 Å². The van der Waals surface area contributed by atoms with E-state index in [1.54, 1.807) is 0 Å². The minimum Gasteiger partial charge on any atom is -0.389 e. The lowest BCUT2D eigenvalue weighted by Gasteiger charge is -2.02. The summed E-state index contributed by atoms with van der Waals surface area (Å²) in [4.78, 5) is 4.43. The van der Waals surface area contributed by atoms with Gasteiger partial charge in [-0.2, -0.15) is 0 Å². The van der Waals surface area contributed by atoms with Crippen molar-refractivity contribution in [2.45, 2.75) is 13.8 Å². The molecule has 0 amide bonds. The molecule has 0 aliphatic heterocycles. The monoisotopic (exact) mass is 282 g/mol. The normalized spacial score (nSPS) is 10.6. The lowest BCUT2D eigenvalue weighted by molar-refractivity contribution is 1.29. The van der Waals surface area contributed by atoms with Crippen LogP contribution in [-0.2, 0) is 0 Å². The van der Waals surface area contributed by atoms with Gasteiger partial charge in [0.1, 0.15) is 10.7 Å². The molecule has 0 bridgehead atoms. The molecule has 0 saturated heterocycles. The summed E-state index contributed by atoms with van der Waals surface area (Å²) in [5.41, 5.74) is 9.08. The Morgan fingerprint density at radius 3 is 2.60 bits per heavy atom. The van der Waals surface area contributed by atoms with Gasteiger partial charge in [0, 0.05) is 10.0 Å². The predicted octanol–water partition coefficient (Wildman–Crippen LogP) is 3.77. The Labute approximate surface area is 101 Å². The number of hydrogen-bond acceptors (Lipinski definition) is 3. The molecule has 0 aliphatic carbocycles. The number of nitrogen functional groups attached to an aromatic ring is 1. The zero-order valence-corrected chi connectivity index (χ0v) is 10.9. The molecule has 2 N–H and O–H groups in total. The number of rotatable bonds is 1. The smallest absolute Gasteiger partial charge is 0.114 e. The number of benzene rings is 1. The van der Waals surface area contributed by atoms with E-state index < -0.39 is 0 Å². The quantitative estimate of drug-likeness (QED) is 0.865. The summed E-state index contributed by atoms with van der Waals surface area (Å²) in [6.07, 6.45) is 0. The molecule has 0 aliphatic rings. The van der Waals surface area contributed by atoms with Crippen LogP contribution in [0.4, 0.5) is 5.00 Å². The Bertz CT molecular complexity index is 505. The van der Waals surface area contributed by atoms with Crippen LogP contribution in [0.3, 0.4) is 0 Å². The first-order valence-corrected chi connectivity index (χ1v) is 6.18. The lowest BCUT2D eigenvalue weighted by atomic mass is 10.1. The standard InChI is InChI=1S/C11H11BrN2S/c1-6-5-8(3-4-9(6)12)10-11(13)15-7(2)14-10/h3-5H,13H2,1-2H3. The Morgan fingerprint density at radius 2 is 2.07 bits per heavy atom. The largest absolute Gasteiger partial charge is 0.389 e. The van der Waals surface area contributed by atoms with Gasteiger partial charge in [-0.25, -0.2) is 4.98 Å². The highest BCUT2D eigenvalue weighted by molar-refractivity contribution is 9.10. The summed E-state index contributed by atoms with van der Waals surface area (Å²) in [5, 5.41) is 1.79. The van der Waals surface area contributed by atoms with Crippen LogP contribution in [0, 0.1) is 13.8 Å². The van der Waals surface area contributed by atoms with Crippen LogP contribution in [0.25, 0.3) is 11.3 Å². The van der Waals surface area contributed by atoms with Gasteiger partial charge in [-0.3, -0.25) is 0 Å². The molecule has 0 radical (unpaired) electrons. The van der Waals surface area contributed by atoms with Crippen molar-refractivity contribution in [1.29, 1.82) is 0 Å². The van der Waals surface area contributed by atoms with E-state index in [0.29, 0.717) is 0 Å². The molecule has 0 unspecified atom stereocenters. The van der Waals surface area contributed by atoms with Gasteiger partial charge < -0.3 is 5.73 Å². The van der Waals surface area contributed by atoms with E-state index in [9.17, 15) is 0 Å². The predicted molar refractivity (Wildman–Crippen MR) is 69.1 cm³/mol. The van der Waals surface area contributed by atoms with E-state index >= 15 is 0 Å². The van der Waals surface area contributed by atoms with Crippen LogP contribution in [0.1, 0.15) is 10.6 Å². The average molecular weight is 283 g/mol. The minimum absolute atomic E-state index is 0.786. The highest BCUT2D eigenvalue weighted by atomic mass is 79.9. The molecule has 1 aromatic heterocycles. The number of nitrogens with two attached hydrogens (primary N) is 1.